The third-order valence-corrected chi connectivity index (χ3v) is 5.92. The van der Waals surface area contributed by atoms with Gasteiger partial charge in [-0.3, -0.25) is 14.3 Å². The van der Waals surface area contributed by atoms with Crippen molar-refractivity contribution in [2.75, 3.05) is 14.2 Å². The molecule has 0 saturated heterocycles. The number of nitrogens with zero attached hydrogens (tertiary/aromatic N) is 2. The Kier molecular flexibility index (Phi) is 5.52. The van der Waals surface area contributed by atoms with Gasteiger partial charge in [-0.2, -0.15) is 5.10 Å². The fourth-order valence-corrected chi connectivity index (χ4v) is 4.36. The van der Waals surface area contributed by atoms with Crippen LogP contribution in [-0.2, 0) is 0 Å². The topological polar surface area (TPSA) is 118 Å². The third kappa shape index (κ3) is 3.55. The molecule has 1 aliphatic heterocycles. The number of aromatic hydroxyl groups is 1. The number of methoxy groups -OCH3 is 2. The molecule has 0 spiro atoms. The number of aromatic amines is 1. The summed E-state index contributed by atoms with van der Waals surface area (Å²) in [4.78, 5) is 27.3. The minimum absolute atomic E-state index is 0.0441. The molecule has 1 fully saturated rings. The Bertz CT molecular complexity index is 1080. The Morgan fingerprint density at radius 2 is 1.90 bits per heavy atom. The first kappa shape index (κ1) is 20.1. The van der Waals surface area contributed by atoms with Gasteiger partial charge in [0.05, 0.1) is 26.0 Å². The van der Waals surface area contributed by atoms with Gasteiger partial charge in [0.1, 0.15) is 17.1 Å². The van der Waals surface area contributed by atoms with Gasteiger partial charge in [0.15, 0.2) is 0 Å². The van der Waals surface area contributed by atoms with Crippen LogP contribution in [0.3, 0.4) is 0 Å². The van der Waals surface area contributed by atoms with Crippen LogP contribution in [0, 0.1) is 0 Å². The van der Waals surface area contributed by atoms with E-state index < -0.39 is 11.2 Å². The first-order valence-electron chi connectivity index (χ1n) is 10.2. The van der Waals surface area contributed by atoms with Crippen molar-refractivity contribution in [1.82, 2.24) is 15.0 Å². The lowest BCUT2D eigenvalue weighted by molar-refractivity contribution is 0.298. The maximum absolute atomic E-state index is 12.6. The van der Waals surface area contributed by atoms with E-state index in [-0.39, 0.29) is 23.5 Å². The van der Waals surface area contributed by atoms with Crippen LogP contribution >= 0.6 is 0 Å². The molecule has 3 N–H and O–H groups in total. The van der Waals surface area contributed by atoms with Crippen molar-refractivity contribution in [3.8, 4) is 17.4 Å². The summed E-state index contributed by atoms with van der Waals surface area (Å²) in [6.45, 7) is 0. The Labute approximate surface area is 173 Å². The summed E-state index contributed by atoms with van der Waals surface area (Å²) in [5, 5.41) is 15.2. The number of ether oxygens (including phenoxy) is 2. The summed E-state index contributed by atoms with van der Waals surface area (Å²) in [6.07, 6.45) is 5.07. The van der Waals surface area contributed by atoms with Crippen molar-refractivity contribution in [3.05, 3.63) is 50.2 Å². The number of H-pyrrole nitrogens is 1. The Morgan fingerprint density at radius 3 is 2.60 bits per heavy atom. The third-order valence-electron chi connectivity index (χ3n) is 5.92. The predicted molar refractivity (Wildman–Crippen MR) is 112 cm³/mol. The van der Waals surface area contributed by atoms with Gasteiger partial charge in [-0.05, 0) is 25.0 Å². The van der Waals surface area contributed by atoms with Gasteiger partial charge in [-0.1, -0.05) is 19.3 Å². The van der Waals surface area contributed by atoms with E-state index in [4.69, 9.17) is 9.47 Å². The van der Waals surface area contributed by atoms with Crippen molar-refractivity contribution in [2.45, 2.75) is 50.6 Å². The van der Waals surface area contributed by atoms with Crippen LogP contribution in [0.4, 0.5) is 0 Å². The number of rotatable bonds is 5. The Balaban J connectivity index is 1.66. The van der Waals surface area contributed by atoms with E-state index in [0.29, 0.717) is 23.6 Å². The van der Waals surface area contributed by atoms with Crippen LogP contribution < -0.4 is 26.1 Å². The summed E-state index contributed by atoms with van der Waals surface area (Å²) in [6, 6.07) is 5.12. The number of hydrogen-bond acceptors (Lipinski definition) is 7. The molecule has 160 valence electrons. The molecule has 1 saturated carbocycles. The van der Waals surface area contributed by atoms with Crippen molar-refractivity contribution in [3.63, 3.8) is 0 Å². The van der Waals surface area contributed by atoms with Gasteiger partial charge in [0.2, 0.25) is 5.88 Å². The van der Waals surface area contributed by atoms with Gasteiger partial charge < -0.3 is 20.0 Å². The van der Waals surface area contributed by atoms with Crippen molar-refractivity contribution >= 4 is 5.71 Å². The molecule has 0 radical (unpaired) electrons. The van der Waals surface area contributed by atoms with Crippen LogP contribution in [0.2, 0.25) is 0 Å². The lowest BCUT2D eigenvalue weighted by Crippen LogP contribution is -2.36. The number of nitrogens with one attached hydrogen (secondary N) is 2. The highest BCUT2D eigenvalue weighted by molar-refractivity contribution is 6.03. The zero-order chi connectivity index (χ0) is 21.3. The lowest BCUT2D eigenvalue weighted by atomic mass is 9.95. The molecule has 2 aromatic rings. The van der Waals surface area contributed by atoms with E-state index in [1.54, 1.807) is 20.3 Å². The number of benzene rings is 1. The summed E-state index contributed by atoms with van der Waals surface area (Å²) in [5.74, 6) is 0.996. The van der Waals surface area contributed by atoms with Gasteiger partial charge >= 0.3 is 5.69 Å². The van der Waals surface area contributed by atoms with E-state index in [1.807, 2.05) is 12.1 Å². The molecular weight excluding hydrogens is 388 g/mol. The predicted octanol–water partition coefficient (Wildman–Crippen LogP) is 2.20. The monoisotopic (exact) mass is 414 g/mol. The van der Waals surface area contributed by atoms with Crippen LogP contribution in [-0.4, -0.2) is 34.6 Å². The minimum Gasteiger partial charge on any atom is -0.497 e. The normalized spacial score (nSPS) is 19.3. The van der Waals surface area contributed by atoms with E-state index in [2.05, 4.69) is 15.5 Å². The second kappa shape index (κ2) is 8.25. The molecule has 1 aliphatic carbocycles. The molecule has 0 amide bonds. The molecule has 2 heterocycles. The molecule has 0 bridgehead atoms. The molecule has 1 atom stereocenters. The second-order valence-corrected chi connectivity index (χ2v) is 7.67. The summed E-state index contributed by atoms with van der Waals surface area (Å²) in [5.41, 5.74) is 3.11. The average molecular weight is 414 g/mol. The molecule has 1 aromatic heterocycles. The maximum Gasteiger partial charge on any atom is 0.331 e. The maximum atomic E-state index is 12.6. The average Bonchev–Trinajstić information content (AvgIpc) is 3.23. The van der Waals surface area contributed by atoms with Gasteiger partial charge in [0, 0.05) is 24.1 Å². The number of aromatic nitrogens is 2. The quantitative estimate of drug-likeness (QED) is 0.690. The molecule has 9 nitrogen and oxygen atoms in total. The van der Waals surface area contributed by atoms with E-state index in [1.165, 1.54) is 4.57 Å². The van der Waals surface area contributed by atoms with E-state index >= 15 is 0 Å². The Hall–Kier alpha value is -3.23. The summed E-state index contributed by atoms with van der Waals surface area (Å²) < 4.78 is 12.0. The zero-order valence-electron chi connectivity index (χ0n) is 17.1. The number of hydrogen-bond donors (Lipinski definition) is 3. The SMILES string of the molecule is COc1ccc([C@@H]2CC(c3c(O)n(C4CCCCC4)c(=O)[nH]c3=O)=NN2)c(OC)c1. The van der Waals surface area contributed by atoms with Crippen molar-refractivity contribution in [1.29, 1.82) is 0 Å². The first-order chi connectivity index (χ1) is 14.5. The van der Waals surface area contributed by atoms with Gasteiger partial charge in [-0.25, -0.2) is 4.79 Å². The number of hydrazone groups is 1. The van der Waals surface area contributed by atoms with E-state index in [0.717, 1.165) is 37.7 Å². The second-order valence-electron chi connectivity index (χ2n) is 7.67. The highest BCUT2D eigenvalue weighted by atomic mass is 16.5. The summed E-state index contributed by atoms with van der Waals surface area (Å²) in [7, 11) is 3.16. The highest BCUT2D eigenvalue weighted by Crippen LogP contribution is 2.35. The molecule has 4 rings (SSSR count). The van der Waals surface area contributed by atoms with Crippen molar-refractivity contribution in [2.24, 2.45) is 5.10 Å². The fraction of sp³-hybridized carbons (Fsp3) is 0.476. The smallest absolute Gasteiger partial charge is 0.331 e. The van der Waals surface area contributed by atoms with Gasteiger partial charge in [-0.15, -0.1) is 0 Å². The standard InChI is InChI=1S/C21H26N4O5/c1-29-13-8-9-14(17(10-13)30-2)15-11-16(24-23-15)18-19(26)22-21(28)25(20(18)27)12-6-4-3-5-7-12/h8-10,12,15,23,27H,3-7,11H2,1-2H3,(H,22,26,28)/t15-/m0/s1. The van der Waals surface area contributed by atoms with Crippen molar-refractivity contribution < 1.29 is 14.6 Å². The van der Waals surface area contributed by atoms with Crippen LogP contribution in [0.25, 0.3) is 0 Å². The molecular formula is C21H26N4O5. The zero-order valence-corrected chi connectivity index (χ0v) is 17.1. The van der Waals surface area contributed by atoms with Crippen LogP contribution in [0.15, 0.2) is 32.9 Å². The lowest BCUT2D eigenvalue weighted by Gasteiger charge is -2.25. The molecule has 0 unspecified atom stereocenters. The molecule has 30 heavy (non-hydrogen) atoms. The van der Waals surface area contributed by atoms with Crippen LogP contribution in [0.5, 0.6) is 17.4 Å². The summed E-state index contributed by atoms with van der Waals surface area (Å²) >= 11 is 0. The molecule has 1 aromatic carbocycles. The highest BCUT2D eigenvalue weighted by Gasteiger charge is 2.30. The fourth-order valence-electron chi connectivity index (χ4n) is 4.36. The molecule has 2 aliphatic rings. The largest absolute Gasteiger partial charge is 0.497 e. The minimum atomic E-state index is -0.632. The molecule has 9 heteroatoms. The van der Waals surface area contributed by atoms with E-state index in [9.17, 15) is 14.7 Å². The van der Waals surface area contributed by atoms with Crippen LogP contribution in [0.1, 0.15) is 61.7 Å². The first-order valence-corrected chi connectivity index (χ1v) is 10.2. The van der Waals surface area contributed by atoms with Gasteiger partial charge in [0.25, 0.3) is 5.56 Å². The Morgan fingerprint density at radius 1 is 1.13 bits per heavy atom.